The smallest absolute Gasteiger partial charge is 1.00 e. The summed E-state index contributed by atoms with van der Waals surface area (Å²) in [6, 6.07) is -2.52. The number of rotatable bonds is 13. The minimum atomic E-state index is -1.46. The quantitative estimate of drug-likeness (QED) is 0.115. The summed E-state index contributed by atoms with van der Waals surface area (Å²) in [5.41, 5.74) is 5.00. The predicted molar refractivity (Wildman–Crippen MR) is 92.1 cm³/mol. The van der Waals surface area contributed by atoms with Gasteiger partial charge in [0.15, 0.2) is 0 Å². The molecule has 0 spiro atoms. The average Bonchev–Trinajstić information content (AvgIpc) is 2.51. The van der Waals surface area contributed by atoms with Crippen LogP contribution in [-0.2, 0) is 28.8 Å². The van der Waals surface area contributed by atoms with Gasteiger partial charge in [0.05, 0.1) is 13.1 Å². The molecule has 0 aromatic carbocycles. The van der Waals surface area contributed by atoms with Crippen molar-refractivity contribution in [3.05, 3.63) is 0 Å². The molecule has 0 aliphatic carbocycles. The average molecular weight is 506 g/mol. The normalized spacial score (nSPS) is 10.7. The van der Waals surface area contributed by atoms with Crippen LogP contribution in [0.1, 0.15) is 31.4 Å². The van der Waals surface area contributed by atoms with E-state index in [2.05, 4.69) is 0 Å². The topological polar surface area (TPSA) is 253 Å². The van der Waals surface area contributed by atoms with Crippen LogP contribution in [0.4, 0.5) is 0 Å². The first kappa shape index (κ1) is 46.1. The molecule has 8 N–H and O–H groups in total. The van der Waals surface area contributed by atoms with E-state index >= 15 is 0 Å². The maximum Gasteiger partial charge on any atom is 1.00 e. The number of carbonyl (C=O) groups is 6. The molecule has 0 unspecified atom stereocenters. The van der Waals surface area contributed by atoms with Crippen molar-refractivity contribution in [2.45, 2.75) is 37.8 Å². The first-order valence-electron chi connectivity index (χ1n) is 7.60. The first-order chi connectivity index (χ1) is 12.8. The van der Waals surface area contributed by atoms with Gasteiger partial charge in [-0.25, -0.2) is 0 Å². The van der Waals surface area contributed by atoms with Gasteiger partial charge in [-0.15, -0.1) is 0 Å². The zero-order valence-corrected chi connectivity index (χ0v) is 26.6. The van der Waals surface area contributed by atoms with Gasteiger partial charge in [-0.3, -0.25) is 33.7 Å². The number of hydrogen-bond donors (Lipinski definition) is 7. The van der Waals surface area contributed by atoms with Crippen molar-refractivity contribution < 1.29 is 183 Å². The summed E-state index contributed by atoms with van der Waals surface area (Å²) in [6.07, 6.45) is -1.09. The molecule has 168 valence electrons. The third-order valence-corrected chi connectivity index (χ3v) is 3.02. The standard InChI is InChI=1S/C9H13NO8.C5H9NO4.4Na.4H/c11-6(12)2-1-5(9(17)18)10(3-7(13)14)4-8(15)16;6-3(5(9)10)1-2-4(7)8;;;;;;;;/h5H,1-4H2,(H,11,12)(H,13,14)(H,15,16)(H,17,18);3H,1-2,6H2,(H,7,8)(H,9,10);;;;;;;;/q;;4*+1;4*-1/t5-;3-;;;;;;;;/m00......../s1. The van der Waals surface area contributed by atoms with Crippen molar-refractivity contribution in [1.29, 1.82) is 0 Å². The van der Waals surface area contributed by atoms with Gasteiger partial charge in [0, 0.05) is 12.8 Å². The van der Waals surface area contributed by atoms with Gasteiger partial charge < -0.3 is 42.1 Å². The summed E-state index contributed by atoms with van der Waals surface area (Å²) in [5.74, 6) is -7.68. The van der Waals surface area contributed by atoms with Crippen molar-refractivity contribution in [3.63, 3.8) is 0 Å². The molecule has 0 fully saturated rings. The molecule has 0 aromatic rings. The maximum atomic E-state index is 10.9. The van der Waals surface area contributed by atoms with E-state index in [9.17, 15) is 28.8 Å². The second kappa shape index (κ2) is 26.3. The molecule has 0 saturated carbocycles. The van der Waals surface area contributed by atoms with Crippen molar-refractivity contribution in [3.8, 4) is 0 Å². The summed E-state index contributed by atoms with van der Waals surface area (Å²) >= 11 is 0. The van der Waals surface area contributed by atoms with E-state index in [0.717, 1.165) is 0 Å². The Morgan fingerprint density at radius 2 is 0.969 bits per heavy atom. The molecule has 0 saturated heterocycles. The van der Waals surface area contributed by atoms with Crippen LogP contribution >= 0.6 is 0 Å². The Balaban J connectivity index is -0.0000000419. The Morgan fingerprint density at radius 1 is 0.625 bits per heavy atom. The van der Waals surface area contributed by atoms with E-state index in [-0.39, 0.29) is 143 Å². The van der Waals surface area contributed by atoms with E-state index in [1.54, 1.807) is 0 Å². The van der Waals surface area contributed by atoms with Gasteiger partial charge >= 0.3 is 154 Å². The largest absolute Gasteiger partial charge is 1.00 e. The Hall–Kier alpha value is 0.740. The number of carboxylic acid groups (broad SMARTS) is 6. The third kappa shape index (κ3) is 28.8. The summed E-state index contributed by atoms with van der Waals surface area (Å²) < 4.78 is 0. The van der Waals surface area contributed by atoms with Crippen LogP contribution in [0, 0.1) is 0 Å². The van der Waals surface area contributed by atoms with Crippen LogP contribution < -0.4 is 124 Å². The van der Waals surface area contributed by atoms with Crippen LogP contribution in [0.3, 0.4) is 0 Å². The minimum Gasteiger partial charge on any atom is -1.00 e. The van der Waals surface area contributed by atoms with Gasteiger partial charge in [0.1, 0.15) is 12.1 Å². The van der Waals surface area contributed by atoms with Gasteiger partial charge in [-0.1, -0.05) is 0 Å². The van der Waals surface area contributed by atoms with E-state index in [4.69, 9.17) is 36.4 Å². The monoisotopic (exact) mass is 506 g/mol. The number of nitrogens with two attached hydrogens (primary N) is 1. The zero-order chi connectivity index (χ0) is 22.4. The van der Waals surface area contributed by atoms with Gasteiger partial charge in [-0.05, 0) is 12.8 Å². The first-order valence-corrected chi connectivity index (χ1v) is 7.60. The molecular formula is C14H26N2Na4O12. The second-order valence-electron chi connectivity index (χ2n) is 5.36. The summed E-state index contributed by atoms with van der Waals surface area (Å²) in [7, 11) is 0. The van der Waals surface area contributed by atoms with E-state index < -0.39 is 67.4 Å². The predicted octanol–water partition coefficient (Wildman–Crippen LogP) is -13.5. The Bertz CT molecular complexity index is 610. The van der Waals surface area contributed by atoms with Crippen LogP contribution in [0.15, 0.2) is 0 Å². The fraction of sp³-hybridized carbons (Fsp3) is 0.571. The molecule has 0 aromatic heterocycles. The molecular weight excluding hydrogens is 480 g/mol. The zero-order valence-electron chi connectivity index (χ0n) is 22.6. The van der Waals surface area contributed by atoms with Gasteiger partial charge in [0.2, 0.25) is 0 Å². The number of aliphatic carboxylic acids is 6. The molecule has 2 atom stereocenters. The molecule has 0 rings (SSSR count). The molecule has 18 heteroatoms. The van der Waals surface area contributed by atoms with Crippen molar-refractivity contribution in [1.82, 2.24) is 4.90 Å². The van der Waals surface area contributed by atoms with Crippen molar-refractivity contribution in [2.75, 3.05) is 13.1 Å². The van der Waals surface area contributed by atoms with Crippen LogP contribution in [0.25, 0.3) is 0 Å². The van der Waals surface area contributed by atoms with E-state index in [1.165, 1.54) is 0 Å². The van der Waals surface area contributed by atoms with Crippen molar-refractivity contribution >= 4 is 35.8 Å². The second-order valence-corrected chi connectivity index (χ2v) is 5.36. The summed E-state index contributed by atoms with van der Waals surface area (Å²) in [4.78, 5) is 62.8. The maximum absolute atomic E-state index is 10.9. The molecule has 0 aliphatic rings. The van der Waals surface area contributed by atoms with Crippen LogP contribution in [0.5, 0.6) is 0 Å². The minimum absolute atomic E-state index is 0. The van der Waals surface area contributed by atoms with Crippen LogP contribution in [-0.4, -0.2) is 96.5 Å². The van der Waals surface area contributed by atoms with Crippen molar-refractivity contribution in [2.24, 2.45) is 5.73 Å². The molecule has 0 heterocycles. The SMILES string of the molecule is N[C@@H](CCC(=O)O)C(=O)O.O=C(O)CC[C@@H](C(=O)O)N(CC(=O)O)CC(=O)O.[H-].[H-].[H-].[H-].[Na+].[Na+].[Na+].[Na+]. The number of carboxylic acids is 6. The third-order valence-electron chi connectivity index (χ3n) is 3.02. The Labute approximate surface area is 277 Å². The fourth-order valence-electron chi connectivity index (χ4n) is 1.75. The summed E-state index contributed by atoms with van der Waals surface area (Å²) in [5, 5.41) is 50.7. The van der Waals surface area contributed by atoms with E-state index in [0.29, 0.717) is 4.90 Å². The number of hydrogen-bond acceptors (Lipinski definition) is 8. The number of nitrogens with zero attached hydrogens (tertiary/aromatic N) is 1. The molecule has 14 nitrogen and oxygen atoms in total. The molecule has 0 bridgehead atoms. The Morgan fingerprint density at radius 3 is 1.22 bits per heavy atom. The molecule has 0 aliphatic heterocycles. The fourth-order valence-corrected chi connectivity index (χ4v) is 1.75. The molecule has 32 heavy (non-hydrogen) atoms. The Kier molecular flexibility index (Phi) is 38.0. The molecule has 0 amide bonds. The van der Waals surface area contributed by atoms with Gasteiger partial charge in [-0.2, -0.15) is 0 Å². The van der Waals surface area contributed by atoms with Gasteiger partial charge in [0.25, 0.3) is 0 Å². The molecule has 0 radical (unpaired) electrons. The van der Waals surface area contributed by atoms with E-state index in [1.807, 2.05) is 0 Å². The van der Waals surface area contributed by atoms with Crippen LogP contribution in [0.2, 0.25) is 0 Å². The summed E-state index contributed by atoms with van der Waals surface area (Å²) in [6.45, 7) is -1.58.